The summed E-state index contributed by atoms with van der Waals surface area (Å²) in [6.07, 6.45) is -0.113. The first-order valence-corrected chi connectivity index (χ1v) is 5.26. The molecule has 1 aliphatic rings. The number of carboxylic acids is 1. The lowest BCUT2D eigenvalue weighted by Crippen LogP contribution is -2.18. The Kier molecular flexibility index (Phi) is 2.92. The molecule has 1 aromatic rings. The van der Waals surface area contributed by atoms with Gasteiger partial charge in [0.25, 0.3) is 0 Å². The fourth-order valence-corrected chi connectivity index (χ4v) is 1.89. The van der Waals surface area contributed by atoms with E-state index in [4.69, 9.17) is 26.2 Å². The Hall–Kier alpha value is -1.42. The molecule has 0 unspecified atom stereocenters. The first kappa shape index (κ1) is 11.1. The third-order valence-electron chi connectivity index (χ3n) is 2.48. The fraction of sp³-hybridized carbons (Fsp3) is 0.364. The van der Waals surface area contributed by atoms with Crippen LogP contribution in [0.1, 0.15) is 11.1 Å². The van der Waals surface area contributed by atoms with Gasteiger partial charge in [-0.05, 0) is 12.5 Å². The molecule has 1 aliphatic heterocycles. The number of carboxylic acid groups (broad SMARTS) is 1. The van der Waals surface area contributed by atoms with Gasteiger partial charge in [-0.2, -0.15) is 0 Å². The maximum Gasteiger partial charge on any atom is 0.307 e. The van der Waals surface area contributed by atoms with Crippen molar-refractivity contribution in [2.45, 2.75) is 13.3 Å². The van der Waals surface area contributed by atoms with Gasteiger partial charge in [0.1, 0.15) is 13.2 Å². The van der Waals surface area contributed by atoms with E-state index in [1.54, 1.807) is 13.0 Å². The van der Waals surface area contributed by atoms with Crippen LogP contribution in [-0.4, -0.2) is 24.3 Å². The summed E-state index contributed by atoms with van der Waals surface area (Å²) in [7, 11) is 0. The summed E-state index contributed by atoms with van der Waals surface area (Å²) in [5.74, 6) is 0.121. The number of aliphatic carboxylic acids is 1. The first-order valence-electron chi connectivity index (χ1n) is 4.89. The summed E-state index contributed by atoms with van der Waals surface area (Å²) in [6, 6.07) is 1.66. The van der Waals surface area contributed by atoms with E-state index in [0.717, 1.165) is 5.56 Å². The number of ether oxygens (including phenoxy) is 2. The van der Waals surface area contributed by atoms with Crippen LogP contribution < -0.4 is 9.47 Å². The molecule has 0 aliphatic carbocycles. The lowest BCUT2D eigenvalue weighted by atomic mass is 10.0. The summed E-state index contributed by atoms with van der Waals surface area (Å²) >= 11 is 6.01. The minimum Gasteiger partial charge on any atom is -0.486 e. The van der Waals surface area contributed by atoms with E-state index in [1.165, 1.54) is 0 Å². The molecular weight excluding hydrogens is 232 g/mol. The van der Waals surface area contributed by atoms with Crippen molar-refractivity contribution in [1.82, 2.24) is 0 Å². The number of hydrogen-bond acceptors (Lipinski definition) is 3. The molecule has 86 valence electrons. The molecule has 0 spiro atoms. The van der Waals surface area contributed by atoms with Crippen LogP contribution in [0.25, 0.3) is 0 Å². The number of halogens is 1. The SMILES string of the molecule is Cc1c(Cl)cc2c(c1CC(=O)O)OCCO2. The summed E-state index contributed by atoms with van der Waals surface area (Å²) in [5.41, 5.74) is 1.32. The lowest BCUT2D eigenvalue weighted by Gasteiger charge is -2.22. The van der Waals surface area contributed by atoms with Crippen LogP contribution in [0.15, 0.2) is 6.07 Å². The minimum absolute atomic E-state index is 0.113. The van der Waals surface area contributed by atoms with Gasteiger partial charge >= 0.3 is 5.97 Å². The van der Waals surface area contributed by atoms with E-state index in [1.807, 2.05) is 0 Å². The highest BCUT2D eigenvalue weighted by Crippen LogP contribution is 2.39. The topological polar surface area (TPSA) is 55.8 Å². The molecular formula is C11H11ClO4. The number of carbonyl (C=O) groups is 1. The predicted octanol–water partition coefficient (Wildman–Crippen LogP) is 2.05. The second-order valence-electron chi connectivity index (χ2n) is 3.56. The third kappa shape index (κ3) is 1.93. The molecule has 0 aromatic heterocycles. The normalized spacial score (nSPS) is 13.6. The van der Waals surface area contributed by atoms with Crippen LogP contribution in [0.4, 0.5) is 0 Å². The van der Waals surface area contributed by atoms with Crippen LogP contribution in [0.3, 0.4) is 0 Å². The predicted molar refractivity (Wildman–Crippen MR) is 58.5 cm³/mol. The van der Waals surface area contributed by atoms with E-state index in [2.05, 4.69) is 0 Å². The molecule has 1 aromatic carbocycles. The molecule has 0 amide bonds. The Morgan fingerprint density at radius 2 is 2.19 bits per heavy atom. The minimum atomic E-state index is -0.915. The van der Waals surface area contributed by atoms with Gasteiger partial charge in [0.05, 0.1) is 6.42 Å². The van der Waals surface area contributed by atoms with Gasteiger partial charge in [0.15, 0.2) is 11.5 Å². The highest BCUT2D eigenvalue weighted by Gasteiger charge is 2.21. The molecule has 1 heterocycles. The van der Waals surface area contributed by atoms with Crippen LogP contribution in [-0.2, 0) is 11.2 Å². The Labute approximate surface area is 97.7 Å². The van der Waals surface area contributed by atoms with E-state index < -0.39 is 5.97 Å². The smallest absolute Gasteiger partial charge is 0.307 e. The van der Waals surface area contributed by atoms with Crippen LogP contribution >= 0.6 is 11.6 Å². The molecule has 0 radical (unpaired) electrons. The summed E-state index contributed by atoms with van der Waals surface area (Å²) < 4.78 is 10.8. The average Bonchev–Trinajstić information content (AvgIpc) is 2.24. The molecule has 0 saturated heterocycles. The van der Waals surface area contributed by atoms with Gasteiger partial charge in [-0.1, -0.05) is 11.6 Å². The molecule has 2 rings (SSSR count). The van der Waals surface area contributed by atoms with Crippen molar-refractivity contribution in [2.24, 2.45) is 0 Å². The highest BCUT2D eigenvalue weighted by atomic mass is 35.5. The van der Waals surface area contributed by atoms with Crippen molar-refractivity contribution in [3.63, 3.8) is 0 Å². The molecule has 0 atom stereocenters. The van der Waals surface area contributed by atoms with E-state index in [-0.39, 0.29) is 6.42 Å². The second kappa shape index (κ2) is 4.22. The lowest BCUT2D eigenvalue weighted by molar-refractivity contribution is -0.136. The average molecular weight is 243 g/mol. The molecule has 0 saturated carbocycles. The Balaban J connectivity index is 2.54. The monoisotopic (exact) mass is 242 g/mol. The largest absolute Gasteiger partial charge is 0.486 e. The van der Waals surface area contributed by atoms with Gasteiger partial charge in [-0.15, -0.1) is 0 Å². The summed E-state index contributed by atoms with van der Waals surface area (Å²) in [4.78, 5) is 10.8. The third-order valence-corrected chi connectivity index (χ3v) is 2.87. The van der Waals surface area contributed by atoms with Gasteiger partial charge in [0.2, 0.25) is 0 Å². The van der Waals surface area contributed by atoms with Gasteiger partial charge in [-0.25, -0.2) is 0 Å². The van der Waals surface area contributed by atoms with E-state index >= 15 is 0 Å². The van der Waals surface area contributed by atoms with Gasteiger partial charge in [-0.3, -0.25) is 4.79 Å². The van der Waals surface area contributed by atoms with Crippen molar-refractivity contribution in [3.05, 3.63) is 22.2 Å². The highest BCUT2D eigenvalue weighted by molar-refractivity contribution is 6.31. The molecule has 0 fully saturated rings. The standard InChI is InChI=1S/C11H11ClO4/c1-6-7(4-10(13)14)11-9(5-8(6)12)15-2-3-16-11/h5H,2-4H2,1H3,(H,13,14). The van der Waals surface area contributed by atoms with Gasteiger partial charge < -0.3 is 14.6 Å². The molecule has 0 bridgehead atoms. The van der Waals surface area contributed by atoms with Crippen molar-refractivity contribution in [3.8, 4) is 11.5 Å². The van der Waals surface area contributed by atoms with Crippen molar-refractivity contribution >= 4 is 17.6 Å². The second-order valence-corrected chi connectivity index (χ2v) is 3.96. The van der Waals surface area contributed by atoms with E-state index in [0.29, 0.717) is 35.3 Å². The Morgan fingerprint density at radius 3 is 2.88 bits per heavy atom. The molecule has 5 heteroatoms. The number of fused-ring (bicyclic) bond motifs is 1. The zero-order valence-electron chi connectivity index (χ0n) is 8.75. The van der Waals surface area contributed by atoms with E-state index in [9.17, 15) is 4.79 Å². The van der Waals surface area contributed by atoms with Crippen molar-refractivity contribution in [1.29, 1.82) is 0 Å². The Morgan fingerprint density at radius 1 is 1.50 bits per heavy atom. The number of benzene rings is 1. The van der Waals surface area contributed by atoms with Crippen LogP contribution in [0.2, 0.25) is 5.02 Å². The molecule has 4 nitrogen and oxygen atoms in total. The van der Waals surface area contributed by atoms with Gasteiger partial charge in [0, 0.05) is 16.7 Å². The van der Waals surface area contributed by atoms with Crippen LogP contribution in [0.5, 0.6) is 11.5 Å². The quantitative estimate of drug-likeness (QED) is 0.862. The maximum atomic E-state index is 10.8. The summed E-state index contributed by atoms with van der Waals surface area (Å²) in [6.45, 7) is 2.67. The fourth-order valence-electron chi connectivity index (χ4n) is 1.68. The Bertz CT molecular complexity index is 442. The zero-order chi connectivity index (χ0) is 11.7. The maximum absolute atomic E-state index is 10.8. The summed E-state index contributed by atoms with van der Waals surface area (Å²) in [5, 5.41) is 9.34. The zero-order valence-corrected chi connectivity index (χ0v) is 9.50. The van der Waals surface area contributed by atoms with Crippen molar-refractivity contribution < 1.29 is 19.4 Å². The molecule has 16 heavy (non-hydrogen) atoms. The first-order chi connectivity index (χ1) is 7.59. The van der Waals surface area contributed by atoms with Crippen LogP contribution in [0, 0.1) is 6.92 Å². The number of hydrogen-bond donors (Lipinski definition) is 1. The number of rotatable bonds is 2. The van der Waals surface area contributed by atoms with Crippen molar-refractivity contribution in [2.75, 3.05) is 13.2 Å². The molecule has 1 N–H and O–H groups in total.